The Labute approximate surface area is 165 Å². The second-order valence-electron chi connectivity index (χ2n) is 6.46. The molecule has 0 spiro atoms. The minimum absolute atomic E-state index is 0.0646. The molecule has 0 bridgehead atoms. The third-order valence-electron chi connectivity index (χ3n) is 4.28. The molecule has 2 rings (SSSR count). The number of carbonyl (C=O) groups is 1. The van der Waals surface area contributed by atoms with Crippen molar-refractivity contribution in [1.29, 1.82) is 0 Å². The minimum atomic E-state index is -3.95. The highest BCUT2D eigenvalue weighted by molar-refractivity contribution is 7.92. The van der Waals surface area contributed by atoms with Gasteiger partial charge in [0.2, 0.25) is 0 Å². The van der Waals surface area contributed by atoms with Gasteiger partial charge < -0.3 is 10.0 Å². The first-order chi connectivity index (χ1) is 13.3. The molecule has 0 radical (unpaired) electrons. The van der Waals surface area contributed by atoms with E-state index in [1.807, 2.05) is 6.92 Å². The van der Waals surface area contributed by atoms with E-state index in [0.29, 0.717) is 12.1 Å². The minimum Gasteiger partial charge on any atom is -0.395 e. The van der Waals surface area contributed by atoms with E-state index in [-0.39, 0.29) is 35.2 Å². The number of aliphatic hydroxyl groups excluding tert-OH is 1. The van der Waals surface area contributed by atoms with Gasteiger partial charge >= 0.3 is 0 Å². The molecule has 1 amide bonds. The zero-order chi connectivity index (χ0) is 20.7. The van der Waals surface area contributed by atoms with Crippen molar-refractivity contribution in [1.82, 2.24) is 4.90 Å². The Morgan fingerprint density at radius 1 is 1.14 bits per heavy atom. The van der Waals surface area contributed by atoms with E-state index in [1.54, 1.807) is 13.0 Å². The lowest BCUT2D eigenvalue weighted by atomic mass is 10.1. The van der Waals surface area contributed by atoms with Gasteiger partial charge in [-0.25, -0.2) is 12.8 Å². The number of benzene rings is 2. The quantitative estimate of drug-likeness (QED) is 0.667. The molecule has 0 aromatic heterocycles. The van der Waals surface area contributed by atoms with Crippen molar-refractivity contribution in [2.24, 2.45) is 0 Å². The van der Waals surface area contributed by atoms with E-state index in [9.17, 15) is 22.7 Å². The van der Waals surface area contributed by atoms with Crippen LogP contribution < -0.4 is 4.72 Å². The number of sulfonamides is 1. The highest BCUT2D eigenvalue weighted by atomic mass is 32.2. The molecule has 0 atom stereocenters. The maximum Gasteiger partial charge on any atom is 0.261 e. The molecular weight excluding hydrogens is 383 g/mol. The summed E-state index contributed by atoms with van der Waals surface area (Å²) in [4.78, 5) is 14.4. The van der Waals surface area contributed by atoms with Crippen LogP contribution in [0, 0.1) is 12.7 Å². The Morgan fingerprint density at radius 3 is 2.43 bits per heavy atom. The molecule has 8 heteroatoms. The summed E-state index contributed by atoms with van der Waals surface area (Å²) in [5.41, 5.74) is 1.14. The van der Waals surface area contributed by atoms with Gasteiger partial charge in [0.1, 0.15) is 5.82 Å². The van der Waals surface area contributed by atoms with Gasteiger partial charge in [-0.05, 0) is 55.3 Å². The summed E-state index contributed by atoms with van der Waals surface area (Å²) in [5.74, 6) is -0.791. The molecule has 0 saturated heterocycles. The number of carbonyl (C=O) groups excluding carboxylic acids is 1. The van der Waals surface area contributed by atoms with Gasteiger partial charge in [0.05, 0.1) is 11.5 Å². The number of nitrogens with one attached hydrogen (secondary N) is 1. The maximum absolute atomic E-state index is 13.0. The normalized spacial score (nSPS) is 11.3. The number of hydrogen-bond acceptors (Lipinski definition) is 4. The summed E-state index contributed by atoms with van der Waals surface area (Å²) in [6, 6.07) is 9.27. The average molecular weight is 408 g/mol. The fourth-order valence-corrected chi connectivity index (χ4v) is 3.77. The maximum atomic E-state index is 13.0. The smallest absolute Gasteiger partial charge is 0.261 e. The van der Waals surface area contributed by atoms with E-state index in [0.717, 1.165) is 25.0 Å². The number of rotatable bonds is 9. The van der Waals surface area contributed by atoms with Crippen molar-refractivity contribution in [3.63, 3.8) is 0 Å². The third-order valence-corrected chi connectivity index (χ3v) is 5.66. The van der Waals surface area contributed by atoms with Gasteiger partial charge in [-0.15, -0.1) is 0 Å². The van der Waals surface area contributed by atoms with Crippen molar-refractivity contribution in [2.45, 2.75) is 31.6 Å². The van der Waals surface area contributed by atoms with Gasteiger partial charge in [-0.1, -0.05) is 19.4 Å². The van der Waals surface area contributed by atoms with Gasteiger partial charge in [-0.3, -0.25) is 9.52 Å². The first-order valence-electron chi connectivity index (χ1n) is 9.07. The van der Waals surface area contributed by atoms with Crippen LogP contribution in [0.1, 0.15) is 35.7 Å². The second kappa shape index (κ2) is 9.66. The number of aryl methyl sites for hydroxylation is 1. The van der Waals surface area contributed by atoms with E-state index in [1.165, 1.54) is 29.2 Å². The van der Waals surface area contributed by atoms with Gasteiger partial charge in [0.25, 0.3) is 15.9 Å². The van der Waals surface area contributed by atoms with Crippen LogP contribution in [0.2, 0.25) is 0 Å². The largest absolute Gasteiger partial charge is 0.395 e. The molecule has 2 aromatic carbocycles. The summed E-state index contributed by atoms with van der Waals surface area (Å²) in [7, 11) is -3.95. The van der Waals surface area contributed by atoms with Crippen LogP contribution >= 0.6 is 0 Å². The lowest BCUT2D eigenvalue weighted by Crippen LogP contribution is -2.35. The molecule has 0 unspecified atom stereocenters. The Balaban J connectivity index is 2.32. The van der Waals surface area contributed by atoms with Crippen LogP contribution in [0.3, 0.4) is 0 Å². The lowest BCUT2D eigenvalue weighted by molar-refractivity contribution is 0.0718. The molecule has 6 nitrogen and oxygen atoms in total. The number of anilines is 1. The summed E-state index contributed by atoms with van der Waals surface area (Å²) >= 11 is 0. The van der Waals surface area contributed by atoms with Crippen molar-refractivity contribution < 1.29 is 22.7 Å². The monoisotopic (exact) mass is 408 g/mol. The van der Waals surface area contributed by atoms with E-state index < -0.39 is 15.8 Å². The molecule has 152 valence electrons. The van der Waals surface area contributed by atoms with Crippen LogP contribution in [-0.4, -0.2) is 44.0 Å². The van der Waals surface area contributed by atoms with Crippen molar-refractivity contribution >= 4 is 21.6 Å². The standard InChI is InChI=1S/C20H25FN2O4S/c1-3-4-11-23(12-13-24)20(25)19-14-18(10-5-15(19)2)28(26,27)22-17-8-6-16(21)7-9-17/h5-10,14,22,24H,3-4,11-13H2,1-2H3. The molecular formula is C20H25FN2O4S. The summed E-state index contributed by atoms with van der Waals surface area (Å²) in [5, 5.41) is 9.24. The van der Waals surface area contributed by atoms with Crippen LogP contribution in [0.4, 0.5) is 10.1 Å². The lowest BCUT2D eigenvalue weighted by Gasteiger charge is -2.23. The predicted octanol–water partition coefficient (Wildman–Crippen LogP) is 3.17. The molecule has 0 aliphatic carbocycles. The van der Waals surface area contributed by atoms with Gasteiger partial charge in [0.15, 0.2) is 0 Å². The SMILES string of the molecule is CCCCN(CCO)C(=O)c1cc(S(=O)(=O)Nc2ccc(F)cc2)ccc1C. The van der Waals surface area contributed by atoms with Crippen LogP contribution in [0.25, 0.3) is 0 Å². The number of hydrogen-bond donors (Lipinski definition) is 2. The van der Waals surface area contributed by atoms with Crippen LogP contribution in [-0.2, 0) is 10.0 Å². The first-order valence-corrected chi connectivity index (χ1v) is 10.6. The Kier molecular flexibility index (Phi) is 7.53. The molecule has 0 aliphatic heterocycles. The Bertz CT molecular complexity index is 914. The summed E-state index contributed by atoms with van der Waals surface area (Å²) < 4.78 is 40.7. The second-order valence-corrected chi connectivity index (χ2v) is 8.14. The number of aliphatic hydroxyl groups is 1. The molecule has 2 aromatic rings. The van der Waals surface area contributed by atoms with Gasteiger partial charge in [-0.2, -0.15) is 0 Å². The Hall–Kier alpha value is -2.45. The number of halogens is 1. The highest BCUT2D eigenvalue weighted by Crippen LogP contribution is 2.21. The van der Waals surface area contributed by atoms with Crippen LogP contribution in [0.5, 0.6) is 0 Å². The Morgan fingerprint density at radius 2 is 1.82 bits per heavy atom. The fourth-order valence-electron chi connectivity index (χ4n) is 2.69. The zero-order valence-corrected chi connectivity index (χ0v) is 16.8. The molecule has 0 fully saturated rings. The molecule has 2 N–H and O–H groups in total. The highest BCUT2D eigenvalue weighted by Gasteiger charge is 2.21. The first kappa shape index (κ1) is 21.8. The average Bonchev–Trinajstić information content (AvgIpc) is 2.66. The predicted molar refractivity (Wildman–Crippen MR) is 106 cm³/mol. The van der Waals surface area contributed by atoms with Crippen molar-refractivity contribution in [3.05, 3.63) is 59.4 Å². The molecule has 28 heavy (non-hydrogen) atoms. The molecule has 0 aliphatic rings. The zero-order valence-electron chi connectivity index (χ0n) is 16.0. The van der Waals surface area contributed by atoms with Gasteiger partial charge in [0, 0.05) is 24.3 Å². The number of unbranched alkanes of at least 4 members (excludes halogenated alkanes) is 1. The summed E-state index contributed by atoms with van der Waals surface area (Å²) in [6.07, 6.45) is 1.68. The number of amides is 1. The topological polar surface area (TPSA) is 86.7 Å². The molecule has 0 heterocycles. The fraction of sp³-hybridized carbons (Fsp3) is 0.350. The van der Waals surface area contributed by atoms with E-state index in [4.69, 9.17) is 0 Å². The number of nitrogens with zero attached hydrogens (tertiary/aromatic N) is 1. The van der Waals surface area contributed by atoms with Crippen molar-refractivity contribution in [2.75, 3.05) is 24.4 Å². The van der Waals surface area contributed by atoms with Crippen LogP contribution in [0.15, 0.2) is 47.4 Å². The van der Waals surface area contributed by atoms with E-state index in [2.05, 4.69) is 4.72 Å². The summed E-state index contributed by atoms with van der Waals surface area (Å²) in [6.45, 7) is 4.23. The third kappa shape index (κ3) is 5.53. The van der Waals surface area contributed by atoms with Crippen molar-refractivity contribution in [3.8, 4) is 0 Å². The molecule has 0 saturated carbocycles. The van der Waals surface area contributed by atoms with E-state index >= 15 is 0 Å².